The van der Waals surface area contributed by atoms with Crippen molar-refractivity contribution >= 4 is 23.1 Å². The van der Waals surface area contributed by atoms with Gasteiger partial charge in [0.05, 0.1) is 6.04 Å². The van der Waals surface area contributed by atoms with Crippen LogP contribution < -0.4 is 10.6 Å². The van der Waals surface area contributed by atoms with E-state index in [-0.39, 0.29) is 0 Å². The molecule has 0 spiro atoms. The van der Waals surface area contributed by atoms with Crippen molar-refractivity contribution in [3.63, 3.8) is 0 Å². The van der Waals surface area contributed by atoms with Crippen LogP contribution in [0, 0.1) is 6.92 Å². The monoisotopic (exact) mass is 290 g/mol. The van der Waals surface area contributed by atoms with E-state index in [9.17, 15) is 0 Å². The molecule has 0 aromatic carbocycles. The van der Waals surface area contributed by atoms with Crippen LogP contribution in [0.3, 0.4) is 0 Å². The van der Waals surface area contributed by atoms with Gasteiger partial charge in [-0.3, -0.25) is 0 Å². The summed E-state index contributed by atoms with van der Waals surface area (Å²) in [5.74, 6) is 1.60. The topological polar surface area (TPSA) is 49.8 Å². The highest BCUT2D eigenvalue weighted by Crippen LogP contribution is 2.28. The third-order valence-corrected chi connectivity index (χ3v) is 4.07. The lowest BCUT2D eigenvalue weighted by Crippen LogP contribution is -2.13. The van der Waals surface area contributed by atoms with Gasteiger partial charge in [0.25, 0.3) is 0 Å². The summed E-state index contributed by atoms with van der Waals surface area (Å²) in [5, 5.41) is 8.85. The number of hydrogen-bond donors (Lipinski definition) is 2. The lowest BCUT2D eigenvalue weighted by Gasteiger charge is -2.19. The average molecular weight is 290 g/mol. The van der Waals surface area contributed by atoms with Gasteiger partial charge in [-0.05, 0) is 31.7 Å². The van der Waals surface area contributed by atoms with Crippen molar-refractivity contribution in [1.29, 1.82) is 0 Å². The summed E-state index contributed by atoms with van der Waals surface area (Å²) in [4.78, 5) is 10.2. The predicted molar refractivity (Wildman–Crippen MR) is 86.5 cm³/mol. The van der Waals surface area contributed by atoms with Gasteiger partial charge in [0, 0.05) is 23.2 Å². The summed E-state index contributed by atoms with van der Waals surface area (Å²) in [6.07, 6.45) is 4.10. The molecule has 0 saturated carbocycles. The normalized spacial score (nSPS) is 12.2. The number of nitrogens with zero attached hydrogens (tertiary/aromatic N) is 2. The molecule has 0 amide bonds. The van der Waals surface area contributed by atoms with E-state index in [1.54, 1.807) is 11.3 Å². The molecule has 2 aromatic heterocycles. The molecule has 0 saturated heterocycles. The second kappa shape index (κ2) is 7.24. The summed E-state index contributed by atoms with van der Waals surface area (Å²) in [6.45, 7) is 7.11. The molecular weight excluding hydrogens is 268 g/mol. The smallest absolute Gasteiger partial charge is 0.224 e. The molecule has 20 heavy (non-hydrogen) atoms. The average Bonchev–Trinajstić information content (AvgIpc) is 2.96. The van der Waals surface area contributed by atoms with Crippen LogP contribution in [0.25, 0.3) is 0 Å². The zero-order valence-electron chi connectivity index (χ0n) is 12.3. The SMILES string of the molecule is CCCC(Nc1nc(NCC)ncc1C)c1cccs1. The Hall–Kier alpha value is -1.62. The summed E-state index contributed by atoms with van der Waals surface area (Å²) in [6, 6.07) is 4.60. The standard InChI is InChI=1S/C15H22N4S/c1-4-7-12(13-8-6-9-20-13)18-14-11(3)10-17-15(19-14)16-5-2/h6,8-10,12H,4-5,7H2,1-3H3,(H2,16,17,18,19). The minimum Gasteiger partial charge on any atom is -0.362 e. The lowest BCUT2D eigenvalue weighted by molar-refractivity contribution is 0.683. The van der Waals surface area contributed by atoms with E-state index in [1.165, 1.54) is 4.88 Å². The largest absolute Gasteiger partial charge is 0.362 e. The molecule has 108 valence electrons. The summed E-state index contributed by atoms with van der Waals surface area (Å²) in [7, 11) is 0. The van der Waals surface area contributed by atoms with Crippen molar-refractivity contribution in [3.05, 3.63) is 34.2 Å². The zero-order chi connectivity index (χ0) is 14.4. The summed E-state index contributed by atoms with van der Waals surface area (Å²) in [5.41, 5.74) is 1.07. The fourth-order valence-electron chi connectivity index (χ4n) is 2.06. The van der Waals surface area contributed by atoms with Crippen LogP contribution in [0.5, 0.6) is 0 Å². The van der Waals surface area contributed by atoms with E-state index in [4.69, 9.17) is 0 Å². The predicted octanol–water partition coefficient (Wildman–Crippen LogP) is 4.23. The molecule has 0 aliphatic rings. The Morgan fingerprint density at radius 3 is 2.85 bits per heavy atom. The van der Waals surface area contributed by atoms with Crippen LogP contribution in [0.4, 0.5) is 11.8 Å². The third-order valence-electron chi connectivity index (χ3n) is 3.08. The first-order valence-electron chi connectivity index (χ1n) is 7.12. The lowest BCUT2D eigenvalue weighted by atomic mass is 10.1. The zero-order valence-corrected chi connectivity index (χ0v) is 13.1. The van der Waals surface area contributed by atoms with Crippen molar-refractivity contribution < 1.29 is 0 Å². The maximum atomic E-state index is 4.57. The molecule has 0 bridgehead atoms. The summed E-state index contributed by atoms with van der Waals surface area (Å²) < 4.78 is 0. The van der Waals surface area contributed by atoms with Gasteiger partial charge < -0.3 is 10.6 Å². The van der Waals surface area contributed by atoms with Gasteiger partial charge in [-0.1, -0.05) is 19.4 Å². The molecule has 0 aliphatic carbocycles. The van der Waals surface area contributed by atoms with E-state index in [0.29, 0.717) is 12.0 Å². The molecular formula is C15H22N4S. The van der Waals surface area contributed by atoms with Gasteiger partial charge in [-0.15, -0.1) is 11.3 Å². The van der Waals surface area contributed by atoms with Crippen molar-refractivity contribution in [2.24, 2.45) is 0 Å². The van der Waals surface area contributed by atoms with Crippen LogP contribution >= 0.6 is 11.3 Å². The Morgan fingerprint density at radius 1 is 1.35 bits per heavy atom. The molecule has 2 rings (SSSR count). The number of aromatic nitrogens is 2. The van der Waals surface area contributed by atoms with Crippen LogP contribution in [0.15, 0.2) is 23.7 Å². The van der Waals surface area contributed by atoms with Gasteiger partial charge in [-0.25, -0.2) is 4.98 Å². The summed E-state index contributed by atoms with van der Waals surface area (Å²) >= 11 is 1.79. The minimum atomic E-state index is 0.322. The van der Waals surface area contributed by atoms with Gasteiger partial charge in [0.1, 0.15) is 5.82 Å². The Kier molecular flexibility index (Phi) is 5.35. The first-order valence-corrected chi connectivity index (χ1v) is 8.00. The van der Waals surface area contributed by atoms with E-state index < -0.39 is 0 Å². The molecule has 0 aliphatic heterocycles. The number of rotatable bonds is 7. The van der Waals surface area contributed by atoms with Gasteiger partial charge in [0.15, 0.2) is 0 Å². The van der Waals surface area contributed by atoms with Crippen molar-refractivity contribution in [2.75, 3.05) is 17.2 Å². The first-order chi connectivity index (χ1) is 9.74. The van der Waals surface area contributed by atoms with E-state index in [2.05, 4.69) is 45.0 Å². The number of anilines is 2. The second-order valence-corrected chi connectivity index (χ2v) is 5.74. The van der Waals surface area contributed by atoms with Gasteiger partial charge in [0.2, 0.25) is 5.95 Å². The molecule has 2 N–H and O–H groups in total. The van der Waals surface area contributed by atoms with Crippen molar-refractivity contribution in [3.8, 4) is 0 Å². The van der Waals surface area contributed by atoms with Crippen molar-refractivity contribution in [2.45, 2.75) is 39.7 Å². The fraction of sp³-hybridized carbons (Fsp3) is 0.467. The molecule has 1 unspecified atom stereocenters. The molecule has 2 heterocycles. The van der Waals surface area contributed by atoms with Gasteiger partial charge in [-0.2, -0.15) is 4.98 Å². The Labute approximate surface area is 124 Å². The van der Waals surface area contributed by atoms with Crippen LogP contribution in [0.1, 0.15) is 43.2 Å². The quantitative estimate of drug-likeness (QED) is 0.801. The van der Waals surface area contributed by atoms with Crippen LogP contribution in [-0.4, -0.2) is 16.5 Å². The number of hydrogen-bond acceptors (Lipinski definition) is 5. The Morgan fingerprint density at radius 2 is 2.20 bits per heavy atom. The fourth-order valence-corrected chi connectivity index (χ4v) is 2.87. The van der Waals surface area contributed by atoms with Gasteiger partial charge >= 0.3 is 0 Å². The Bertz CT molecular complexity index is 525. The van der Waals surface area contributed by atoms with E-state index >= 15 is 0 Å². The molecule has 5 heteroatoms. The number of nitrogens with one attached hydrogen (secondary N) is 2. The van der Waals surface area contributed by atoms with Crippen molar-refractivity contribution in [1.82, 2.24) is 9.97 Å². The highest BCUT2D eigenvalue weighted by molar-refractivity contribution is 7.10. The highest BCUT2D eigenvalue weighted by Gasteiger charge is 2.14. The minimum absolute atomic E-state index is 0.322. The maximum absolute atomic E-state index is 4.57. The highest BCUT2D eigenvalue weighted by atomic mass is 32.1. The molecule has 0 radical (unpaired) electrons. The Balaban J connectivity index is 2.19. The molecule has 4 nitrogen and oxygen atoms in total. The number of thiophene rings is 1. The maximum Gasteiger partial charge on any atom is 0.224 e. The first kappa shape index (κ1) is 14.8. The molecule has 0 fully saturated rings. The molecule has 1 atom stereocenters. The van der Waals surface area contributed by atoms with Crippen LogP contribution in [-0.2, 0) is 0 Å². The van der Waals surface area contributed by atoms with Crippen LogP contribution in [0.2, 0.25) is 0 Å². The second-order valence-electron chi connectivity index (χ2n) is 4.76. The van der Waals surface area contributed by atoms with E-state index in [0.717, 1.165) is 30.8 Å². The van der Waals surface area contributed by atoms with E-state index in [1.807, 2.05) is 20.0 Å². The number of aryl methyl sites for hydroxylation is 1. The third kappa shape index (κ3) is 3.70. The molecule has 2 aromatic rings.